The average molecular weight is 357 g/mol. The molecule has 1 fully saturated rings. The first-order valence-electron chi connectivity index (χ1n) is 7.59. The van der Waals surface area contributed by atoms with Crippen LogP contribution in [-0.4, -0.2) is 60.8 Å². The molecular formula is C16H21ClN2O3S. The molecule has 0 radical (unpaired) electrons. The van der Waals surface area contributed by atoms with Crippen molar-refractivity contribution in [2.24, 2.45) is 0 Å². The summed E-state index contributed by atoms with van der Waals surface area (Å²) in [6.07, 6.45) is 0.953. The Morgan fingerprint density at radius 2 is 1.78 bits per heavy atom. The van der Waals surface area contributed by atoms with Crippen LogP contribution >= 0.6 is 23.4 Å². The number of carbonyl (C=O) groups is 2. The zero-order chi connectivity index (χ0) is 16.7. The molecule has 0 aliphatic carbocycles. The summed E-state index contributed by atoms with van der Waals surface area (Å²) in [5.41, 5.74) is 0. The molecule has 0 unspecified atom stereocenters. The molecule has 1 heterocycles. The highest BCUT2D eigenvalue weighted by Crippen LogP contribution is 2.21. The van der Waals surface area contributed by atoms with E-state index >= 15 is 0 Å². The number of halogens is 1. The van der Waals surface area contributed by atoms with Crippen LogP contribution in [0.15, 0.2) is 29.2 Å². The van der Waals surface area contributed by atoms with E-state index < -0.39 is 0 Å². The minimum absolute atomic E-state index is 0.137. The summed E-state index contributed by atoms with van der Waals surface area (Å²) in [7, 11) is 1.38. The minimum Gasteiger partial charge on any atom is -0.453 e. The van der Waals surface area contributed by atoms with Crippen molar-refractivity contribution < 1.29 is 14.3 Å². The molecule has 0 atom stereocenters. The molecule has 0 aromatic heterocycles. The number of hydrogen-bond donors (Lipinski definition) is 0. The first-order valence-corrected chi connectivity index (χ1v) is 8.95. The first kappa shape index (κ1) is 17.9. The van der Waals surface area contributed by atoms with E-state index in [-0.39, 0.29) is 12.0 Å². The minimum atomic E-state index is -0.322. The molecule has 126 valence electrons. The van der Waals surface area contributed by atoms with Gasteiger partial charge in [0.25, 0.3) is 0 Å². The molecule has 23 heavy (non-hydrogen) atoms. The van der Waals surface area contributed by atoms with E-state index in [1.165, 1.54) is 7.11 Å². The van der Waals surface area contributed by atoms with Gasteiger partial charge in [-0.3, -0.25) is 4.79 Å². The molecule has 1 aliphatic rings. The van der Waals surface area contributed by atoms with Crippen molar-refractivity contribution in [1.82, 2.24) is 9.80 Å². The largest absolute Gasteiger partial charge is 0.453 e. The molecule has 0 saturated carbocycles. The maximum Gasteiger partial charge on any atom is 0.409 e. The number of thioether (sulfide) groups is 1. The molecular weight excluding hydrogens is 336 g/mol. The molecule has 0 bridgehead atoms. The smallest absolute Gasteiger partial charge is 0.409 e. The maximum absolute atomic E-state index is 12.3. The molecule has 2 amide bonds. The summed E-state index contributed by atoms with van der Waals surface area (Å²) in [5.74, 6) is 0.871. The van der Waals surface area contributed by atoms with Crippen LogP contribution in [0.1, 0.15) is 12.8 Å². The van der Waals surface area contributed by atoms with Gasteiger partial charge in [-0.25, -0.2) is 4.79 Å². The van der Waals surface area contributed by atoms with E-state index in [1.54, 1.807) is 16.7 Å². The van der Waals surface area contributed by atoms with Gasteiger partial charge < -0.3 is 14.5 Å². The molecule has 1 aromatic rings. The zero-order valence-electron chi connectivity index (χ0n) is 13.2. The van der Waals surface area contributed by atoms with Gasteiger partial charge in [0.1, 0.15) is 0 Å². The lowest BCUT2D eigenvalue weighted by molar-refractivity contribution is -0.130. The van der Waals surface area contributed by atoms with E-state index in [0.717, 1.165) is 17.1 Å². The maximum atomic E-state index is 12.3. The van der Waals surface area contributed by atoms with E-state index in [1.807, 2.05) is 29.2 Å². The van der Waals surface area contributed by atoms with Crippen LogP contribution in [0, 0.1) is 0 Å². The molecule has 1 aliphatic heterocycles. The van der Waals surface area contributed by atoms with Crippen LogP contribution in [0.2, 0.25) is 5.02 Å². The number of amides is 2. The highest BCUT2D eigenvalue weighted by atomic mass is 35.5. The zero-order valence-corrected chi connectivity index (χ0v) is 14.7. The Morgan fingerprint density at radius 1 is 1.13 bits per heavy atom. The Hall–Kier alpha value is -1.40. The number of rotatable bonds is 4. The Morgan fingerprint density at radius 3 is 2.48 bits per heavy atom. The molecule has 1 saturated heterocycles. The third kappa shape index (κ3) is 5.62. The number of carbonyl (C=O) groups excluding carboxylic acids is 2. The highest BCUT2D eigenvalue weighted by Gasteiger charge is 2.21. The third-order valence-corrected chi connectivity index (χ3v) is 4.95. The second kappa shape index (κ2) is 9.03. The van der Waals surface area contributed by atoms with Crippen molar-refractivity contribution in [3.05, 3.63) is 29.3 Å². The van der Waals surface area contributed by atoms with E-state index in [9.17, 15) is 9.59 Å². The van der Waals surface area contributed by atoms with Crippen molar-refractivity contribution in [3.63, 3.8) is 0 Å². The van der Waals surface area contributed by atoms with Gasteiger partial charge in [0.15, 0.2) is 0 Å². The van der Waals surface area contributed by atoms with Crippen molar-refractivity contribution in [2.45, 2.75) is 17.7 Å². The Labute approximate surface area is 145 Å². The van der Waals surface area contributed by atoms with Gasteiger partial charge in [0, 0.05) is 48.3 Å². The van der Waals surface area contributed by atoms with E-state index in [2.05, 4.69) is 0 Å². The van der Waals surface area contributed by atoms with Gasteiger partial charge in [0.05, 0.1) is 7.11 Å². The quantitative estimate of drug-likeness (QED) is 0.778. The summed E-state index contributed by atoms with van der Waals surface area (Å²) >= 11 is 7.50. The number of methoxy groups -OCH3 is 1. The predicted molar refractivity (Wildman–Crippen MR) is 92.0 cm³/mol. The average Bonchev–Trinajstić information content (AvgIpc) is 2.82. The van der Waals surface area contributed by atoms with Crippen molar-refractivity contribution in [2.75, 3.05) is 39.0 Å². The fourth-order valence-corrected chi connectivity index (χ4v) is 3.39. The Balaban J connectivity index is 1.75. The van der Waals surface area contributed by atoms with Crippen LogP contribution in [0.3, 0.4) is 0 Å². The van der Waals surface area contributed by atoms with Crippen molar-refractivity contribution >= 4 is 35.4 Å². The number of nitrogens with zero attached hydrogens (tertiary/aromatic N) is 2. The van der Waals surface area contributed by atoms with Gasteiger partial charge in [-0.1, -0.05) is 11.6 Å². The van der Waals surface area contributed by atoms with Crippen molar-refractivity contribution in [1.29, 1.82) is 0 Å². The summed E-state index contributed by atoms with van der Waals surface area (Å²) in [5, 5.41) is 0.713. The topological polar surface area (TPSA) is 49.9 Å². The lowest BCUT2D eigenvalue weighted by Crippen LogP contribution is -2.37. The summed E-state index contributed by atoms with van der Waals surface area (Å²) < 4.78 is 4.73. The number of ether oxygens (including phenoxy) is 1. The van der Waals surface area contributed by atoms with Crippen LogP contribution in [0.4, 0.5) is 4.79 Å². The van der Waals surface area contributed by atoms with Gasteiger partial charge in [-0.2, -0.15) is 0 Å². The third-order valence-electron chi connectivity index (χ3n) is 3.68. The number of benzene rings is 1. The summed E-state index contributed by atoms with van der Waals surface area (Å²) in [4.78, 5) is 28.4. The second-order valence-corrected chi connectivity index (χ2v) is 6.85. The Bertz CT molecular complexity index is 539. The summed E-state index contributed by atoms with van der Waals surface area (Å²) in [6, 6.07) is 7.61. The lowest BCUT2D eigenvalue weighted by Gasteiger charge is -2.21. The fourth-order valence-electron chi connectivity index (χ4n) is 2.42. The van der Waals surface area contributed by atoms with Gasteiger partial charge in [-0.15, -0.1) is 11.8 Å². The van der Waals surface area contributed by atoms with E-state index in [4.69, 9.17) is 16.3 Å². The Kier molecular flexibility index (Phi) is 7.05. The second-order valence-electron chi connectivity index (χ2n) is 5.24. The fraction of sp³-hybridized carbons (Fsp3) is 0.500. The molecule has 7 heteroatoms. The van der Waals surface area contributed by atoms with Crippen LogP contribution < -0.4 is 0 Å². The predicted octanol–water partition coefficient (Wildman–Crippen LogP) is 3.12. The van der Waals surface area contributed by atoms with Crippen LogP contribution in [0.5, 0.6) is 0 Å². The van der Waals surface area contributed by atoms with Gasteiger partial charge >= 0.3 is 6.09 Å². The first-order chi connectivity index (χ1) is 11.1. The molecule has 1 aromatic carbocycles. The molecule has 2 rings (SSSR count). The molecule has 0 N–H and O–H groups in total. The lowest BCUT2D eigenvalue weighted by atomic mass is 10.3. The van der Waals surface area contributed by atoms with E-state index in [0.29, 0.717) is 37.6 Å². The highest BCUT2D eigenvalue weighted by molar-refractivity contribution is 7.99. The van der Waals surface area contributed by atoms with Crippen molar-refractivity contribution in [3.8, 4) is 0 Å². The molecule has 0 spiro atoms. The van der Waals surface area contributed by atoms with Gasteiger partial charge in [0.2, 0.25) is 5.91 Å². The monoisotopic (exact) mass is 356 g/mol. The standard InChI is InChI=1S/C16H21ClN2O3S/c1-22-16(21)19-9-2-8-18(10-11-19)15(20)7-12-23-14-5-3-13(17)4-6-14/h3-6H,2,7-12H2,1H3. The van der Waals surface area contributed by atoms with Crippen LogP contribution in [0.25, 0.3) is 0 Å². The SMILES string of the molecule is COC(=O)N1CCCN(C(=O)CCSc2ccc(Cl)cc2)CC1. The number of hydrogen-bond acceptors (Lipinski definition) is 4. The van der Waals surface area contributed by atoms with Crippen LogP contribution in [-0.2, 0) is 9.53 Å². The summed E-state index contributed by atoms with van der Waals surface area (Å²) in [6.45, 7) is 2.43. The molecule has 5 nitrogen and oxygen atoms in total. The van der Waals surface area contributed by atoms with Gasteiger partial charge in [-0.05, 0) is 30.7 Å². The normalized spacial score (nSPS) is 15.2.